The lowest BCUT2D eigenvalue weighted by atomic mass is 10.0. The Bertz CT molecular complexity index is 583. The molecule has 2 amide bonds. The van der Waals surface area contributed by atoms with Gasteiger partial charge in [-0.15, -0.1) is 0 Å². The summed E-state index contributed by atoms with van der Waals surface area (Å²) in [4.78, 5) is 47.7. The van der Waals surface area contributed by atoms with E-state index in [4.69, 9.17) is 10.8 Å². The summed E-state index contributed by atoms with van der Waals surface area (Å²) in [5.74, 6) is -2.32. The van der Waals surface area contributed by atoms with Crippen molar-refractivity contribution in [1.29, 1.82) is 0 Å². The second-order valence-corrected chi connectivity index (χ2v) is 9.31. The zero-order valence-electron chi connectivity index (χ0n) is 21.5. The summed E-state index contributed by atoms with van der Waals surface area (Å²) in [7, 11) is 0. The van der Waals surface area contributed by atoms with Crippen molar-refractivity contribution in [3.8, 4) is 0 Å². The highest BCUT2D eigenvalue weighted by atomic mass is 16.4. The minimum Gasteiger partial charge on any atom is -0.481 e. The van der Waals surface area contributed by atoms with Gasteiger partial charge in [0.25, 0.3) is 0 Å². The highest BCUT2D eigenvalue weighted by Gasteiger charge is 2.26. The van der Waals surface area contributed by atoms with E-state index in [0.29, 0.717) is 32.2 Å². The zero-order valence-corrected chi connectivity index (χ0v) is 21.5. The van der Waals surface area contributed by atoms with Gasteiger partial charge in [0.1, 0.15) is 6.04 Å². The van der Waals surface area contributed by atoms with Crippen LogP contribution in [0.3, 0.4) is 0 Å². The molecule has 0 aromatic rings. The predicted octanol–water partition coefficient (Wildman–Crippen LogP) is 4.24. The first-order valence-corrected chi connectivity index (χ1v) is 13.3. The number of nitrogens with two attached hydrogens (primary N) is 1. The lowest BCUT2D eigenvalue weighted by molar-refractivity contribution is -0.140. The normalized spacial score (nSPS) is 12.7. The molecule has 0 aliphatic heterocycles. The van der Waals surface area contributed by atoms with Gasteiger partial charge in [-0.3, -0.25) is 19.2 Å². The van der Waals surface area contributed by atoms with Gasteiger partial charge in [-0.05, 0) is 39.2 Å². The molecule has 2 unspecified atom stereocenters. The van der Waals surface area contributed by atoms with Crippen molar-refractivity contribution in [1.82, 2.24) is 10.6 Å². The van der Waals surface area contributed by atoms with Crippen LogP contribution in [0, 0.1) is 0 Å². The molecule has 0 heterocycles. The highest BCUT2D eigenvalue weighted by molar-refractivity contribution is 5.93. The highest BCUT2D eigenvalue weighted by Crippen LogP contribution is 2.12. The number of carbonyl (C=O) groups is 4. The molecule has 8 nitrogen and oxygen atoms in total. The third-order valence-corrected chi connectivity index (χ3v) is 6.04. The number of hydrogen-bond acceptors (Lipinski definition) is 5. The number of ketones is 1. The monoisotopic (exact) mass is 483 g/mol. The molecule has 34 heavy (non-hydrogen) atoms. The molecule has 0 saturated carbocycles. The van der Waals surface area contributed by atoms with E-state index < -0.39 is 36.2 Å². The number of nitrogens with one attached hydrogen (secondary N) is 2. The summed E-state index contributed by atoms with van der Waals surface area (Å²) >= 11 is 0. The molecule has 0 aliphatic rings. The van der Waals surface area contributed by atoms with Gasteiger partial charge in [0, 0.05) is 6.42 Å². The van der Waals surface area contributed by atoms with Gasteiger partial charge >= 0.3 is 5.97 Å². The standard InChI is InChI=1S/C26H49N3O5/c1-3-4-5-6-7-8-9-10-11-12-13-14-18-24(31)28-22(17-15-16-19-27)26(34)29-23(21(2)30)20-25(32)33/h22-23H,3-20,27H2,1-2H3,(H,28,31)(H,29,34)(H,32,33). The number of carboxylic acid groups (broad SMARTS) is 1. The van der Waals surface area contributed by atoms with E-state index >= 15 is 0 Å². The number of unbranched alkanes of at least 4 members (excludes halogenated alkanes) is 12. The molecule has 0 bridgehead atoms. The van der Waals surface area contributed by atoms with Gasteiger partial charge in [-0.1, -0.05) is 77.6 Å². The quantitative estimate of drug-likeness (QED) is 0.160. The average Bonchev–Trinajstić information content (AvgIpc) is 2.78. The molecule has 2 atom stereocenters. The lowest BCUT2D eigenvalue weighted by Gasteiger charge is -2.21. The Hall–Kier alpha value is -1.96. The molecular formula is C26H49N3O5. The van der Waals surface area contributed by atoms with Gasteiger partial charge < -0.3 is 21.5 Å². The van der Waals surface area contributed by atoms with Crippen molar-refractivity contribution in [2.75, 3.05) is 6.54 Å². The Morgan fingerprint density at radius 2 is 1.26 bits per heavy atom. The molecule has 0 aromatic heterocycles. The van der Waals surface area contributed by atoms with Crippen LogP contribution in [0.1, 0.15) is 123 Å². The van der Waals surface area contributed by atoms with E-state index in [0.717, 1.165) is 19.3 Å². The summed E-state index contributed by atoms with van der Waals surface area (Å²) in [5.41, 5.74) is 5.53. The van der Waals surface area contributed by atoms with Crippen molar-refractivity contribution in [2.45, 2.75) is 135 Å². The van der Waals surface area contributed by atoms with Crippen molar-refractivity contribution >= 4 is 23.6 Å². The van der Waals surface area contributed by atoms with Crippen LogP contribution in [0.2, 0.25) is 0 Å². The van der Waals surface area contributed by atoms with Gasteiger partial charge in [0.15, 0.2) is 5.78 Å². The van der Waals surface area contributed by atoms with E-state index in [1.165, 1.54) is 64.7 Å². The number of Topliss-reactive ketones (excluding diaryl/α,β-unsaturated/α-hetero) is 1. The van der Waals surface area contributed by atoms with E-state index in [9.17, 15) is 19.2 Å². The number of aliphatic carboxylic acids is 1. The molecule has 198 valence electrons. The molecule has 0 aromatic carbocycles. The summed E-state index contributed by atoms with van der Waals surface area (Å²) < 4.78 is 0. The molecular weight excluding hydrogens is 434 g/mol. The predicted molar refractivity (Wildman–Crippen MR) is 135 cm³/mol. The van der Waals surface area contributed by atoms with Gasteiger partial charge in [0.05, 0.1) is 12.5 Å². The smallest absolute Gasteiger partial charge is 0.305 e. The lowest BCUT2D eigenvalue weighted by Crippen LogP contribution is -2.51. The third kappa shape index (κ3) is 18.5. The number of rotatable bonds is 23. The Kier molecular flexibility index (Phi) is 20.3. The Morgan fingerprint density at radius 3 is 1.74 bits per heavy atom. The fourth-order valence-corrected chi connectivity index (χ4v) is 3.90. The molecule has 0 saturated heterocycles. The molecule has 8 heteroatoms. The second-order valence-electron chi connectivity index (χ2n) is 9.31. The SMILES string of the molecule is CCCCCCCCCCCCCCC(=O)NC(CCCCN)C(=O)NC(CC(=O)O)C(C)=O. The molecule has 0 aliphatic carbocycles. The number of amides is 2. The fraction of sp³-hybridized carbons (Fsp3) is 0.846. The largest absolute Gasteiger partial charge is 0.481 e. The minimum atomic E-state index is -1.17. The summed E-state index contributed by atoms with van der Waals surface area (Å²) in [6, 6.07) is -1.90. The minimum absolute atomic E-state index is 0.197. The van der Waals surface area contributed by atoms with Gasteiger partial charge in [-0.25, -0.2) is 0 Å². The third-order valence-electron chi connectivity index (χ3n) is 6.04. The van der Waals surface area contributed by atoms with Crippen molar-refractivity contribution in [3.05, 3.63) is 0 Å². The summed E-state index contributed by atoms with van der Waals surface area (Å²) in [5, 5.41) is 14.2. The molecule has 0 radical (unpaired) electrons. The van der Waals surface area contributed by atoms with Crippen LogP contribution in [0.4, 0.5) is 0 Å². The van der Waals surface area contributed by atoms with Crippen LogP contribution >= 0.6 is 0 Å². The van der Waals surface area contributed by atoms with Crippen LogP contribution in [-0.2, 0) is 19.2 Å². The Balaban J connectivity index is 4.25. The number of carboxylic acids is 1. The van der Waals surface area contributed by atoms with Crippen LogP contribution < -0.4 is 16.4 Å². The Morgan fingerprint density at radius 1 is 0.735 bits per heavy atom. The maximum absolute atomic E-state index is 12.6. The van der Waals surface area contributed by atoms with Crippen LogP contribution in [0.15, 0.2) is 0 Å². The van der Waals surface area contributed by atoms with E-state index in [-0.39, 0.29) is 5.91 Å². The summed E-state index contributed by atoms with van der Waals surface area (Å²) in [6.07, 6.45) is 16.2. The molecule has 5 N–H and O–H groups in total. The molecule has 0 fully saturated rings. The van der Waals surface area contributed by atoms with Crippen molar-refractivity contribution in [3.63, 3.8) is 0 Å². The van der Waals surface area contributed by atoms with Crippen molar-refractivity contribution < 1.29 is 24.3 Å². The first kappa shape index (κ1) is 32.0. The van der Waals surface area contributed by atoms with Gasteiger partial charge in [0.2, 0.25) is 11.8 Å². The first-order valence-electron chi connectivity index (χ1n) is 13.3. The van der Waals surface area contributed by atoms with Crippen molar-refractivity contribution in [2.24, 2.45) is 5.73 Å². The van der Waals surface area contributed by atoms with E-state index in [2.05, 4.69) is 17.6 Å². The number of carbonyl (C=O) groups excluding carboxylic acids is 3. The first-order chi connectivity index (χ1) is 16.3. The second kappa shape index (κ2) is 21.6. The Labute approximate surface area is 206 Å². The zero-order chi connectivity index (χ0) is 25.6. The maximum Gasteiger partial charge on any atom is 0.305 e. The maximum atomic E-state index is 12.6. The van der Waals surface area contributed by atoms with Crippen LogP contribution in [0.5, 0.6) is 0 Å². The fourth-order valence-electron chi connectivity index (χ4n) is 3.90. The topological polar surface area (TPSA) is 139 Å². The summed E-state index contributed by atoms with van der Waals surface area (Å²) in [6.45, 7) is 3.96. The van der Waals surface area contributed by atoms with Gasteiger partial charge in [-0.2, -0.15) is 0 Å². The van der Waals surface area contributed by atoms with E-state index in [1.807, 2.05) is 0 Å². The van der Waals surface area contributed by atoms with Crippen LogP contribution in [-0.4, -0.2) is 47.3 Å². The molecule has 0 spiro atoms. The van der Waals surface area contributed by atoms with Crippen LogP contribution in [0.25, 0.3) is 0 Å². The number of hydrogen-bond donors (Lipinski definition) is 4. The van der Waals surface area contributed by atoms with E-state index in [1.54, 1.807) is 0 Å². The average molecular weight is 484 g/mol. The molecule has 0 rings (SSSR count).